The first-order valence-electron chi connectivity index (χ1n) is 3.22. The first-order chi connectivity index (χ1) is 6.19. The van der Waals surface area contributed by atoms with Crippen molar-refractivity contribution in [2.24, 2.45) is 0 Å². The van der Waals surface area contributed by atoms with Crippen molar-refractivity contribution in [1.82, 2.24) is 0 Å². The maximum absolute atomic E-state index is 10.4. The van der Waals surface area contributed by atoms with Gasteiger partial charge in [-0.2, -0.15) is 5.26 Å². The molecule has 0 radical (unpaired) electrons. The Labute approximate surface area is 72.8 Å². The van der Waals surface area contributed by atoms with E-state index in [0.29, 0.717) is 0 Å². The van der Waals surface area contributed by atoms with Crippen LogP contribution in [0.25, 0.3) is 4.98 Å². The Kier molecular flexibility index (Phi) is 2.18. The van der Waals surface area contributed by atoms with Gasteiger partial charge in [0.2, 0.25) is 5.39 Å². The molecule has 0 fully saturated rings. The molecule has 6 nitrogen and oxygen atoms in total. The van der Waals surface area contributed by atoms with Crippen LogP contribution in [0.4, 0.5) is 11.4 Å². The molecule has 0 saturated carbocycles. The molecule has 0 unspecified atom stereocenters. The third-order valence-corrected chi connectivity index (χ3v) is 1.41. The molecule has 0 bridgehead atoms. The summed E-state index contributed by atoms with van der Waals surface area (Å²) in [6, 6.07) is 5.34. The van der Waals surface area contributed by atoms with Crippen molar-refractivity contribution in [2.75, 3.05) is 0 Å². The van der Waals surface area contributed by atoms with Crippen molar-refractivity contribution >= 4 is 11.4 Å². The summed E-state index contributed by atoms with van der Waals surface area (Å²) >= 11 is 0. The predicted molar refractivity (Wildman–Crippen MR) is 42.6 cm³/mol. The van der Waals surface area contributed by atoms with E-state index in [0.717, 1.165) is 6.07 Å². The minimum absolute atomic E-state index is 0.152. The molecule has 1 aromatic rings. The van der Waals surface area contributed by atoms with Gasteiger partial charge < -0.3 is 0 Å². The molecule has 0 atom stereocenters. The lowest BCUT2D eigenvalue weighted by Gasteiger charge is -1.87. The zero-order chi connectivity index (χ0) is 9.84. The molecule has 13 heavy (non-hydrogen) atoms. The minimum Gasteiger partial charge on any atom is -0.258 e. The van der Waals surface area contributed by atoms with Gasteiger partial charge in [-0.3, -0.25) is 10.1 Å². The van der Waals surface area contributed by atoms with E-state index in [-0.39, 0.29) is 16.9 Å². The highest BCUT2D eigenvalue weighted by molar-refractivity contribution is 5.64. The fourth-order valence-electron chi connectivity index (χ4n) is 0.824. The average molecular weight is 175 g/mol. The zero-order valence-corrected chi connectivity index (χ0v) is 6.34. The second kappa shape index (κ2) is 3.28. The number of nitro groups is 1. The van der Waals surface area contributed by atoms with E-state index in [9.17, 15) is 10.1 Å². The van der Waals surface area contributed by atoms with Crippen molar-refractivity contribution in [3.05, 3.63) is 38.9 Å². The average Bonchev–Trinajstić information content (AvgIpc) is 2.16. The SMILES string of the molecule is N#Cc1ccc([N+]#N)c([N+](=O)[O-])c1. The van der Waals surface area contributed by atoms with Crippen LogP contribution in [0.2, 0.25) is 0 Å². The Morgan fingerprint density at radius 3 is 2.69 bits per heavy atom. The minimum atomic E-state index is -0.712. The van der Waals surface area contributed by atoms with Gasteiger partial charge in [-0.15, -0.1) is 0 Å². The summed E-state index contributed by atoms with van der Waals surface area (Å²) in [6.07, 6.45) is 0. The Morgan fingerprint density at radius 1 is 1.54 bits per heavy atom. The van der Waals surface area contributed by atoms with E-state index in [1.807, 2.05) is 0 Å². The Hall–Kier alpha value is -2.47. The van der Waals surface area contributed by atoms with Crippen molar-refractivity contribution in [3.63, 3.8) is 0 Å². The molecule has 1 rings (SSSR count). The number of nitrogens with zero attached hydrogens (tertiary/aromatic N) is 4. The molecular formula is C7H3N4O2+. The Bertz CT molecular complexity index is 441. The Morgan fingerprint density at radius 2 is 2.23 bits per heavy atom. The molecule has 0 N–H and O–H groups in total. The second-order valence-corrected chi connectivity index (χ2v) is 2.17. The smallest absolute Gasteiger partial charge is 0.258 e. The molecule has 0 spiro atoms. The molecule has 6 heteroatoms. The number of rotatable bonds is 1. The molecule has 0 aliphatic heterocycles. The summed E-state index contributed by atoms with van der Waals surface area (Å²) in [4.78, 5) is 12.4. The van der Waals surface area contributed by atoms with Crippen LogP contribution >= 0.6 is 0 Å². The van der Waals surface area contributed by atoms with Crippen LogP contribution in [-0.2, 0) is 0 Å². The van der Waals surface area contributed by atoms with Gasteiger partial charge in [0.25, 0.3) is 0 Å². The highest BCUT2D eigenvalue weighted by Crippen LogP contribution is 2.27. The maximum atomic E-state index is 10.4. The first kappa shape index (κ1) is 8.62. The fourth-order valence-corrected chi connectivity index (χ4v) is 0.824. The van der Waals surface area contributed by atoms with Crippen LogP contribution in [0.3, 0.4) is 0 Å². The van der Waals surface area contributed by atoms with Gasteiger partial charge in [-0.05, 0) is 6.07 Å². The lowest BCUT2D eigenvalue weighted by molar-refractivity contribution is -0.383. The molecule has 1 aromatic carbocycles. The normalized spacial score (nSPS) is 8.46. The van der Waals surface area contributed by atoms with Gasteiger partial charge in [0, 0.05) is 12.1 Å². The zero-order valence-electron chi connectivity index (χ0n) is 6.34. The molecule has 0 amide bonds. The van der Waals surface area contributed by atoms with Crippen LogP contribution in [-0.4, -0.2) is 4.92 Å². The van der Waals surface area contributed by atoms with E-state index < -0.39 is 4.92 Å². The third-order valence-electron chi connectivity index (χ3n) is 1.41. The van der Waals surface area contributed by atoms with Crippen molar-refractivity contribution < 1.29 is 4.92 Å². The molecular weight excluding hydrogens is 172 g/mol. The van der Waals surface area contributed by atoms with Gasteiger partial charge in [0.05, 0.1) is 16.6 Å². The lowest BCUT2D eigenvalue weighted by Crippen LogP contribution is -1.88. The number of hydrogen-bond donors (Lipinski definition) is 0. The van der Waals surface area contributed by atoms with Crippen molar-refractivity contribution in [2.45, 2.75) is 0 Å². The predicted octanol–water partition coefficient (Wildman–Crippen LogP) is 1.95. The maximum Gasteiger partial charge on any atom is 0.461 e. The van der Waals surface area contributed by atoms with Gasteiger partial charge in [0.15, 0.2) is 4.98 Å². The third kappa shape index (κ3) is 1.57. The molecule has 62 valence electrons. The van der Waals surface area contributed by atoms with Gasteiger partial charge in [-0.25, -0.2) is 0 Å². The molecule has 0 aliphatic rings. The number of hydrogen-bond acceptors (Lipinski definition) is 4. The van der Waals surface area contributed by atoms with E-state index in [1.54, 1.807) is 6.07 Å². The van der Waals surface area contributed by atoms with Crippen LogP contribution < -0.4 is 0 Å². The van der Waals surface area contributed by atoms with Gasteiger partial charge >= 0.3 is 11.4 Å². The summed E-state index contributed by atoms with van der Waals surface area (Å²) in [7, 11) is 0. The summed E-state index contributed by atoms with van der Waals surface area (Å²) in [5.41, 5.74) is -0.398. The van der Waals surface area contributed by atoms with Gasteiger partial charge in [0.1, 0.15) is 0 Å². The van der Waals surface area contributed by atoms with Crippen LogP contribution in [0.5, 0.6) is 0 Å². The highest BCUT2D eigenvalue weighted by Gasteiger charge is 2.24. The molecule has 0 saturated heterocycles. The van der Waals surface area contributed by atoms with Gasteiger partial charge in [-0.1, -0.05) is 0 Å². The van der Waals surface area contributed by atoms with E-state index in [1.165, 1.54) is 12.1 Å². The van der Waals surface area contributed by atoms with Crippen molar-refractivity contribution in [3.8, 4) is 6.07 Å². The summed E-state index contributed by atoms with van der Waals surface area (Å²) in [5, 5.41) is 27.2. The number of benzene rings is 1. The number of nitro benzene ring substituents is 1. The lowest BCUT2D eigenvalue weighted by atomic mass is 10.2. The van der Waals surface area contributed by atoms with E-state index >= 15 is 0 Å². The monoisotopic (exact) mass is 175 g/mol. The molecule has 0 aromatic heterocycles. The topological polar surface area (TPSA) is 95.1 Å². The summed E-state index contributed by atoms with van der Waals surface area (Å²) in [5.74, 6) is 0. The van der Waals surface area contributed by atoms with Crippen LogP contribution in [0.1, 0.15) is 5.56 Å². The quantitative estimate of drug-likeness (QED) is 0.370. The Balaban J connectivity index is 3.39. The molecule has 0 heterocycles. The molecule has 0 aliphatic carbocycles. The highest BCUT2D eigenvalue weighted by atomic mass is 16.6. The van der Waals surface area contributed by atoms with E-state index in [4.69, 9.17) is 10.7 Å². The van der Waals surface area contributed by atoms with Crippen LogP contribution in [0, 0.1) is 26.8 Å². The summed E-state index contributed by atoms with van der Waals surface area (Å²) < 4.78 is 0. The first-order valence-corrected chi connectivity index (χ1v) is 3.22. The largest absolute Gasteiger partial charge is 0.461 e. The number of diazo groups is 1. The fraction of sp³-hybridized carbons (Fsp3) is 0. The van der Waals surface area contributed by atoms with E-state index in [2.05, 4.69) is 4.98 Å². The number of nitriles is 1. The van der Waals surface area contributed by atoms with Crippen molar-refractivity contribution in [1.29, 1.82) is 10.7 Å². The summed E-state index contributed by atoms with van der Waals surface area (Å²) in [6.45, 7) is 0. The standard InChI is InChI=1S/C7H3N4O2/c8-4-5-1-2-6(10-9)7(3-5)11(12)13/h1-3H/q+1. The second-order valence-electron chi connectivity index (χ2n) is 2.17. The van der Waals surface area contributed by atoms with Crippen LogP contribution in [0.15, 0.2) is 18.2 Å².